The van der Waals surface area contributed by atoms with E-state index in [1.807, 2.05) is 0 Å². The molecule has 0 atom stereocenters. The summed E-state index contributed by atoms with van der Waals surface area (Å²) in [6.07, 6.45) is -12.4. The lowest BCUT2D eigenvalue weighted by Gasteiger charge is -2.33. The molecule has 0 bridgehead atoms. The highest BCUT2D eigenvalue weighted by Gasteiger charge is 2.72. The second kappa shape index (κ2) is 10.8. The summed E-state index contributed by atoms with van der Waals surface area (Å²) in [5, 5.41) is 19.6. The molecule has 2 rings (SSSR count). The van der Waals surface area contributed by atoms with Crippen LogP contribution >= 0.6 is 34.5 Å². The predicted octanol–water partition coefficient (Wildman–Crippen LogP) is 5.41. The van der Waals surface area contributed by atoms with Crippen LogP contribution in [0.5, 0.6) is 0 Å². The van der Waals surface area contributed by atoms with Crippen molar-refractivity contribution in [1.82, 2.24) is 15.2 Å². The van der Waals surface area contributed by atoms with Gasteiger partial charge >= 0.3 is 12.4 Å². The molecule has 0 unspecified atom stereocenters. The van der Waals surface area contributed by atoms with Crippen LogP contribution in [0.4, 0.5) is 26.3 Å². The van der Waals surface area contributed by atoms with Gasteiger partial charge in [0, 0.05) is 30.8 Å². The maximum absolute atomic E-state index is 13.4. The lowest BCUT2D eigenvalue weighted by atomic mass is 9.91. The maximum atomic E-state index is 13.4. The monoisotopic (exact) mass is 609 g/mol. The van der Waals surface area contributed by atoms with Gasteiger partial charge in [-0.15, -0.1) is 11.3 Å². The zero-order chi connectivity index (χ0) is 29.6. The van der Waals surface area contributed by atoms with Crippen molar-refractivity contribution in [2.45, 2.75) is 57.3 Å². The first-order valence-corrected chi connectivity index (χ1v) is 12.2. The van der Waals surface area contributed by atoms with Gasteiger partial charge in [0.25, 0.3) is 17.4 Å². The van der Waals surface area contributed by atoms with E-state index in [1.165, 1.54) is 25.8 Å². The Morgan fingerprint density at radius 1 is 1.05 bits per heavy atom. The lowest BCUT2D eigenvalue weighted by Crippen LogP contribution is -2.54. The molecular formula is C22H23Cl2F6N3O4S. The summed E-state index contributed by atoms with van der Waals surface area (Å²) in [7, 11) is 1.41. The first-order valence-electron chi connectivity index (χ1n) is 10.7. The van der Waals surface area contributed by atoms with Gasteiger partial charge in [0.15, 0.2) is 5.01 Å². The van der Waals surface area contributed by atoms with Crippen LogP contribution in [0.1, 0.15) is 53.5 Å². The van der Waals surface area contributed by atoms with Crippen molar-refractivity contribution in [1.29, 1.82) is 0 Å². The zero-order valence-corrected chi connectivity index (χ0v) is 22.8. The van der Waals surface area contributed by atoms with Gasteiger partial charge < -0.3 is 20.4 Å². The summed E-state index contributed by atoms with van der Waals surface area (Å²) in [4.78, 5) is 30.8. The Kier molecular flexibility index (Phi) is 9.12. The van der Waals surface area contributed by atoms with Crippen LogP contribution in [0.25, 0.3) is 10.4 Å². The van der Waals surface area contributed by atoms with Crippen LogP contribution in [0, 0.1) is 0 Å². The van der Waals surface area contributed by atoms with Gasteiger partial charge in [-0.2, -0.15) is 26.3 Å². The number of hydrogen-bond donors (Lipinski definition) is 3. The minimum absolute atomic E-state index is 0.170. The van der Waals surface area contributed by atoms with Crippen molar-refractivity contribution in [2.24, 2.45) is 0 Å². The van der Waals surface area contributed by atoms with Crippen molar-refractivity contribution in [3.05, 3.63) is 38.4 Å². The molecule has 0 spiro atoms. The highest BCUT2D eigenvalue weighted by Crippen LogP contribution is 2.54. The van der Waals surface area contributed by atoms with E-state index in [4.69, 9.17) is 23.2 Å². The lowest BCUT2D eigenvalue weighted by molar-refractivity contribution is -0.376. The molecule has 0 aliphatic carbocycles. The number of aromatic nitrogens is 1. The number of hydrogen-bond acceptors (Lipinski definition) is 6. The number of aliphatic hydroxyl groups is 2. The number of amides is 2. The van der Waals surface area contributed by atoms with Gasteiger partial charge in [0.2, 0.25) is 0 Å². The van der Waals surface area contributed by atoms with Gasteiger partial charge in [0.1, 0.15) is 5.69 Å². The van der Waals surface area contributed by atoms with E-state index < -0.39 is 51.0 Å². The molecule has 0 aliphatic heterocycles. The third-order valence-electron chi connectivity index (χ3n) is 5.34. The molecule has 0 saturated heterocycles. The predicted molar refractivity (Wildman–Crippen MR) is 129 cm³/mol. The van der Waals surface area contributed by atoms with Gasteiger partial charge in [-0.05, 0) is 27.7 Å². The molecule has 1 heterocycles. The van der Waals surface area contributed by atoms with Crippen LogP contribution < -0.4 is 5.32 Å². The summed E-state index contributed by atoms with van der Waals surface area (Å²) >= 11 is 12.5. The van der Waals surface area contributed by atoms with E-state index in [9.17, 15) is 46.1 Å². The highest BCUT2D eigenvalue weighted by atomic mass is 35.5. The quantitative estimate of drug-likeness (QED) is 0.364. The van der Waals surface area contributed by atoms with Crippen molar-refractivity contribution in [2.75, 3.05) is 13.6 Å². The standard InChI is InChI=1S/C22H23Cl2F6N3O4S/c1-9(2)33(5)18(35)14-15(38-17(32-14)16(34)31-8-19(3,4)36)10-6-7-11(13(24)12(10)23)20(37,21(25,26)27)22(28,29)30/h6-7,9,36-37H,8H2,1-5H3,(H,31,34). The Labute approximate surface area is 227 Å². The van der Waals surface area contributed by atoms with Crippen molar-refractivity contribution >= 4 is 46.4 Å². The van der Waals surface area contributed by atoms with Crippen molar-refractivity contribution in [3.63, 3.8) is 0 Å². The average molecular weight is 610 g/mol. The van der Waals surface area contributed by atoms with E-state index in [0.29, 0.717) is 23.5 Å². The van der Waals surface area contributed by atoms with Gasteiger partial charge in [0.05, 0.1) is 20.5 Å². The third kappa shape index (κ3) is 6.19. The minimum atomic E-state index is -6.21. The van der Waals surface area contributed by atoms with E-state index in [-0.39, 0.29) is 33.7 Å². The molecule has 7 nitrogen and oxygen atoms in total. The second-order valence-corrected chi connectivity index (χ2v) is 11.0. The molecule has 1 aromatic heterocycles. The summed E-state index contributed by atoms with van der Waals surface area (Å²) < 4.78 is 80.5. The zero-order valence-electron chi connectivity index (χ0n) is 20.5. The topological polar surface area (TPSA) is 103 Å². The molecule has 2 amide bonds. The number of halogens is 8. The molecular weight excluding hydrogens is 587 g/mol. The van der Waals surface area contributed by atoms with E-state index in [0.717, 1.165) is 0 Å². The average Bonchev–Trinajstić information content (AvgIpc) is 3.20. The summed E-state index contributed by atoms with van der Waals surface area (Å²) in [5.74, 6) is -1.54. The molecule has 38 heavy (non-hydrogen) atoms. The third-order valence-corrected chi connectivity index (χ3v) is 7.31. The fraction of sp³-hybridized carbons (Fsp3) is 0.500. The molecule has 3 N–H and O–H groups in total. The van der Waals surface area contributed by atoms with Crippen LogP contribution in [0.2, 0.25) is 10.0 Å². The summed E-state index contributed by atoms with van der Waals surface area (Å²) in [5.41, 5.74) is -9.08. The van der Waals surface area contributed by atoms with E-state index >= 15 is 0 Å². The number of alkyl halides is 6. The molecule has 2 aromatic rings. The molecule has 212 valence electrons. The van der Waals surface area contributed by atoms with E-state index in [2.05, 4.69) is 10.3 Å². The largest absolute Gasteiger partial charge is 0.430 e. The first-order chi connectivity index (χ1) is 17.0. The number of carbonyl (C=O) groups is 2. The summed E-state index contributed by atoms with van der Waals surface area (Å²) in [6.45, 7) is 5.95. The molecule has 1 aromatic carbocycles. The van der Waals surface area contributed by atoms with Crippen molar-refractivity contribution < 1.29 is 46.1 Å². The Bertz CT molecular complexity index is 1210. The second-order valence-electron chi connectivity index (χ2n) is 9.20. The molecule has 0 saturated carbocycles. The highest BCUT2D eigenvalue weighted by molar-refractivity contribution is 7.17. The van der Waals surface area contributed by atoms with Gasteiger partial charge in [-0.3, -0.25) is 9.59 Å². The molecule has 0 fully saturated rings. The number of benzene rings is 1. The fourth-order valence-electron chi connectivity index (χ4n) is 2.99. The van der Waals surface area contributed by atoms with Crippen LogP contribution in [0.3, 0.4) is 0 Å². The maximum Gasteiger partial charge on any atom is 0.430 e. The summed E-state index contributed by atoms with van der Waals surface area (Å²) in [6, 6.07) is 0.641. The fourth-order valence-corrected chi connectivity index (χ4v) is 4.61. The number of nitrogens with one attached hydrogen (secondary N) is 1. The number of rotatable bonds is 7. The smallest absolute Gasteiger partial charge is 0.389 e. The molecule has 0 aliphatic rings. The van der Waals surface area contributed by atoms with Gasteiger partial charge in [-0.1, -0.05) is 35.3 Å². The minimum Gasteiger partial charge on any atom is -0.389 e. The normalized spacial score (nSPS) is 13.2. The van der Waals surface area contributed by atoms with Crippen LogP contribution in [-0.2, 0) is 5.60 Å². The van der Waals surface area contributed by atoms with Crippen LogP contribution in [-0.4, -0.2) is 69.5 Å². The number of thiazole rings is 1. The Balaban J connectivity index is 2.77. The molecule has 16 heteroatoms. The Morgan fingerprint density at radius 3 is 2.03 bits per heavy atom. The Hall–Kier alpha value is -2.13. The van der Waals surface area contributed by atoms with E-state index in [1.54, 1.807) is 13.8 Å². The van der Waals surface area contributed by atoms with Gasteiger partial charge in [-0.25, -0.2) is 4.98 Å². The van der Waals surface area contributed by atoms with Crippen molar-refractivity contribution in [3.8, 4) is 10.4 Å². The number of carbonyl (C=O) groups excluding carboxylic acids is 2. The first kappa shape index (κ1) is 32.1. The SMILES string of the molecule is CC(C)N(C)C(=O)c1nc(C(=O)NCC(C)(C)O)sc1-c1ccc(C(O)(C(F)(F)F)C(F)(F)F)c(Cl)c1Cl. The van der Waals surface area contributed by atoms with Crippen LogP contribution in [0.15, 0.2) is 12.1 Å². The molecule has 0 radical (unpaired) electrons. The number of nitrogens with zero attached hydrogens (tertiary/aromatic N) is 2. The Morgan fingerprint density at radius 2 is 1.58 bits per heavy atom.